The molecule has 2 aliphatic rings. The number of esters is 1. The Morgan fingerprint density at radius 3 is 2.82 bits per heavy atom. The highest BCUT2D eigenvalue weighted by atomic mass is 16.5. The molecular formula is C28H35N5O5. The molecule has 0 spiro atoms. The minimum absolute atomic E-state index is 0.139. The van der Waals surface area contributed by atoms with Crippen LogP contribution in [0.5, 0.6) is 5.75 Å². The molecule has 5 rings (SSSR count). The van der Waals surface area contributed by atoms with Gasteiger partial charge >= 0.3 is 5.97 Å². The van der Waals surface area contributed by atoms with E-state index in [1.807, 2.05) is 32.3 Å². The molecule has 10 nitrogen and oxygen atoms in total. The lowest BCUT2D eigenvalue weighted by molar-refractivity contribution is -0.151. The summed E-state index contributed by atoms with van der Waals surface area (Å²) in [5.41, 5.74) is 3.38. The predicted molar refractivity (Wildman–Crippen MR) is 143 cm³/mol. The Balaban J connectivity index is 1.43. The third-order valence-electron chi connectivity index (χ3n) is 7.14. The first kappa shape index (κ1) is 26.3. The van der Waals surface area contributed by atoms with Crippen LogP contribution in [0.2, 0.25) is 0 Å². The van der Waals surface area contributed by atoms with E-state index >= 15 is 0 Å². The van der Waals surface area contributed by atoms with Crippen molar-refractivity contribution in [1.82, 2.24) is 19.9 Å². The van der Waals surface area contributed by atoms with E-state index in [1.54, 1.807) is 12.4 Å². The van der Waals surface area contributed by atoms with Crippen LogP contribution < -0.4 is 10.1 Å². The molecule has 202 valence electrons. The number of aliphatic hydroxyl groups excluding tert-OH is 1. The Bertz CT molecular complexity index is 1250. The number of carbonyl (C=O) groups is 1. The second kappa shape index (κ2) is 12.0. The smallest absolute Gasteiger partial charge is 0.323 e. The number of aromatic nitrogens is 3. The minimum Gasteiger partial charge on any atom is -0.492 e. The summed E-state index contributed by atoms with van der Waals surface area (Å²) in [4.78, 5) is 28.4. The largest absolute Gasteiger partial charge is 0.492 e. The number of rotatable bonds is 6. The SMILES string of the molecule is CCC(O)COCc1ncc(-c2ccc3ncc4cc3c2OCCCOC(=O)[C@@H]2C[C@H](CCN2C)N4)cn1. The number of benzene rings is 1. The van der Waals surface area contributed by atoms with E-state index in [2.05, 4.69) is 31.2 Å². The van der Waals surface area contributed by atoms with Crippen LogP contribution in [0.15, 0.2) is 36.8 Å². The number of cyclic esters (lactones) is 1. The van der Waals surface area contributed by atoms with Crippen molar-refractivity contribution in [2.45, 2.75) is 57.4 Å². The summed E-state index contributed by atoms with van der Waals surface area (Å²) in [6.45, 7) is 3.89. The number of fused-ring (bicyclic) bond motifs is 3. The lowest BCUT2D eigenvalue weighted by Gasteiger charge is -2.36. The molecule has 4 bridgehead atoms. The molecule has 0 amide bonds. The van der Waals surface area contributed by atoms with Gasteiger partial charge in [-0.2, -0.15) is 0 Å². The summed E-state index contributed by atoms with van der Waals surface area (Å²) in [5.74, 6) is 1.05. The molecule has 38 heavy (non-hydrogen) atoms. The number of pyridine rings is 1. The first-order valence-electron chi connectivity index (χ1n) is 13.3. The van der Waals surface area contributed by atoms with E-state index in [4.69, 9.17) is 14.2 Å². The normalized spacial score (nSPS) is 21.3. The molecule has 0 saturated carbocycles. The van der Waals surface area contributed by atoms with Crippen LogP contribution in [0.25, 0.3) is 22.0 Å². The summed E-state index contributed by atoms with van der Waals surface area (Å²) >= 11 is 0. The van der Waals surface area contributed by atoms with E-state index in [0.29, 0.717) is 44.1 Å². The van der Waals surface area contributed by atoms with Crippen molar-refractivity contribution in [3.63, 3.8) is 0 Å². The van der Waals surface area contributed by atoms with Gasteiger partial charge in [-0.05, 0) is 44.5 Å². The van der Waals surface area contributed by atoms with E-state index in [-0.39, 0.29) is 31.3 Å². The lowest BCUT2D eigenvalue weighted by atomic mass is 9.97. The molecule has 0 aliphatic carbocycles. The fourth-order valence-corrected chi connectivity index (χ4v) is 4.83. The number of anilines is 1. The molecule has 2 aliphatic heterocycles. The fraction of sp³-hybridized carbons (Fsp3) is 0.500. The average Bonchev–Trinajstić information content (AvgIpc) is 2.93. The minimum atomic E-state index is -0.488. The number of ether oxygens (including phenoxy) is 3. The quantitative estimate of drug-likeness (QED) is 0.468. The Labute approximate surface area is 222 Å². The lowest BCUT2D eigenvalue weighted by Crippen LogP contribution is -2.49. The Morgan fingerprint density at radius 1 is 1.18 bits per heavy atom. The summed E-state index contributed by atoms with van der Waals surface area (Å²) < 4.78 is 17.4. The Kier molecular flexibility index (Phi) is 8.31. The predicted octanol–water partition coefficient (Wildman–Crippen LogP) is 3.18. The van der Waals surface area contributed by atoms with Crippen LogP contribution in [-0.2, 0) is 20.9 Å². The van der Waals surface area contributed by atoms with E-state index in [0.717, 1.165) is 40.7 Å². The van der Waals surface area contributed by atoms with Gasteiger partial charge in [0.2, 0.25) is 0 Å². The maximum absolute atomic E-state index is 12.7. The van der Waals surface area contributed by atoms with Crippen molar-refractivity contribution in [3.05, 3.63) is 42.6 Å². The molecule has 2 N–H and O–H groups in total. The molecule has 3 atom stereocenters. The van der Waals surface area contributed by atoms with Crippen molar-refractivity contribution in [2.75, 3.05) is 38.7 Å². The molecule has 1 aromatic carbocycles. The topological polar surface area (TPSA) is 119 Å². The average molecular weight is 522 g/mol. The number of nitrogens with one attached hydrogen (secondary N) is 1. The van der Waals surface area contributed by atoms with Gasteiger partial charge in [-0.3, -0.25) is 14.7 Å². The van der Waals surface area contributed by atoms with E-state index in [1.165, 1.54) is 0 Å². The number of carbonyl (C=O) groups excluding carboxylic acids is 1. The number of hydrogen-bond donors (Lipinski definition) is 2. The van der Waals surface area contributed by atoms with Gasteiger partial charge in [0.1, 0.15) is 18.4 Å². The first-order chi connectivity index (χ1) is 18.5. The third kappa shape index (κ3) is 6.03. The zero-order valence-corrected chi connectivity index (χ0v) is 21.9. The number of aliphatic hydroxyl groups is 1. The molecule has 0 radical (unpaired) electrons. The monoisotopic (exact) mass is 521 g/mol. The van der Waals surface area contributed by atoms with Gasteiger partial charge in [0.25, 0.3) is 0 Å². The van der Waals surface area contributed by atoms with Gasteiger partial charge in [-0.15, -0.1) is 0 Å². The summed E-state index contributed by atoms with van der Waals surface area (Å²) in [5, 5.41) is 14.1. The zero-order chi connectivity index (χ0) is 26.5. The van der Waals surface area contributed by atoms with Crippen LogP contribution in [-0.4, -0.2) is 82.5 Å². The van der Waals surface area contributed by atoms with Crippen LogP contribution in [0, 0.1) is 0 Å². The Hall–Kier alpha value is -3.34. The van der Waals surface area contributed by atoms with Gasteiger partial charge in [-0.1, -0.05) is 6.92 Å². The van der Waals surface area contributed by atoms with Crippen molar-refractivity contribution in [3.8, 4) is 16.9 Å². The number of hydrogen-bond acceptors (Lipinski definition) is 10. The summed E-state index contributed by atoms with van der Waals surface area (Å²) in [6, 6.07) is 5.89. The maximum Gasteiger partial charge on any atom is 0.323 e. The molecule has 2 aromatic heterocycles. The highest BCUT2D eigenvalue weighted by Crippen LogP contribution is 2.37. The second-order valence-electron chi connectivity index (χ2n) is 9.93. The van der Waals surface area contributed by atoms with Crippen molar-refractivity contribution in [2.24, 2.45) is 0 Å². The van der Waals surface area contributed by atoms with Crippen LogP contribution in [0.3, 0.4) is 0 Å². The second-order valence-corrected chi connectivity index (χ2v) is 9.93. The number of likely N-dealkylation sites (tertiary alicyclic amines) is 1. The molecule has 1 saturated heterocycles. The van der Waals surface area contributed by atoms with Crippen LogP contribution >= 0.6 is 0 Å². The fourth-order valence-electron chi connectivity index (χ4n) is 4.83. The van der Waals surface area contributed by atoms with Gasteiger partial charge in [0, 0.05) is 47.9 Å². The van der Waals surface area contributed by atoms with Crippen molar-refractivity contribution >= 4 is 22.6 Å². The standard InChI is InChI=1S/C28H35N5O5/c1-3-21(34)16-36-17-26-30-13-18(14-31-26)22-5-6-24-23-11-20(15-29-24)32-19-7-8-33(2)25(12-19)28(35)38-10-4-9-37-27(22)23/h5-6,11,13-15,19,21,25,32,34H,3-4,7-10,12,16-17H2,1-2H3/t19-,21?,25-/m0/s1. The summed E-state index contributed by atoms with van der Waals surface area (Å²) in [6.07, 6.45) is 7.66. The number of piperidine rings is 1. The highest BCUT2D eigenvalue weighted by Gasteiger charge is 2.32. The zero-order valence-electron chi connectivity index (χ0n) is 21.9. The molecular weight excluding hydrogens is 486 g/mol. The van der Waals surface area contributed by atoms with Crippen molar-refractivity contribution < 1.29 is 24.1 Å². The van der Waals surface area contributed by atoms with Crippen LogP contribution in [0.1, 0.15) is 38.4 Å². The van der Waals surface area contributed by atoms with Gasteiger partial charge in [0.05, 0.1) is 43.3 Å². The first-order valence-corrected chi connectivity index (χ1v) is 13.3. The van der Waals surface area contributed by atoms with E-state index < -0.39 is 6.10 Å². The number of nitrogens with zero attached hydrogens (tertiary/aromatic N) is 4. The van der Waals surface area contributed by atoms with E-state index in [9.17, 15) is 9.90 Å². The van der Waals surface area contributed by atoms with Crippen LogP contribution in [0.4, 0.5) is 5.69 Å². The molecule has 4 heterocycles. The summed E-state index contributed by atoms with van der Waals surface area (Å²) in [7, 11) is 1.97. The van der Waals surface area contributed by atoms with Gasteiger partial charge in [-0.25, -0.2) is 9.97 Å². The Morgan fingerprint density at radius 2 is 2.00 bits per heavy atom. The van der Waals surface area contributed by atoms with Gasteiger partial charge in [0.15, 0.2) is 5.82 Å². The molecule has 1 fully saturated rings. The number of likely N-dealkylation sites (N-methyl/N-ethyl adjacent to an activating group) is 1. The molecule has 3 aromatic rings. The molecule has 10 heteroatoms. The third-order valence-corrected chi connectivity index (χ3v) is 7.14. The molecule has 1 unspecified atom stereocenters. The highest BCUT2D eigenvalue weighted by molar-refractivity contribution is 5.94. The van der Waals surface area contributed by atoms with Gasteiger partial charge < -0.3 is 24.6 Å². The van der Waals surface area contributed by atoms with Crippen molar-refractivity contribution in [1.29, 1.82) is 0 Å². The maximum atomic E-state index is 12.7.